The SMILES string of the molecule is CCNC(C)CCSCc1cccc(C)c1. The molecule has 0 amide bonds. The van der Waals surface area contributed by atoms with Gasteiger partial charge in [0.15, 0.2) is 0 Å². The predicted molar refractivity (Wildman–Crippen MR) is 75.1 cm³/mol. The molecule has 0 heterocycles. The molecule has 0 fully saturated rings. The molecule has 0 radical (unpaired) electrons. The Morgan fingerprint density at radius 3 is 2.88 bits per heavy atom. The Labute approximate surface area is 104 Å². The van der Waals surface area contributed by atoms with E-state index < -0.39 is 0 Å². The minimum absolute atomic E-state index is 0.648. The van der Waals surface area contributed by atoms with Gasteiger partial charge in [-0.1, -0.05) is 36.8 Å². The van der Waals surface area contributed by atoms with E-state index in [4.69, 9.17) is 0 Å². The highest BCUT2D eigenvalue weighted by Crippen LogP contribution is 2.14. The van der Waals surface area contributed by atoms with Gasteiger partial charge in [0.2, 0.25) is 0 Å². The Balaban J connectivity index is 2.16. The molecule has 0 aliphatic rings. The van der Waals surface area contributed by atoms with Crippen molar-refractivity contribution in [3.8, 4) is 0 Å². The van der Waals surface area contributed by atoms with Crippen molar-refractivity contribution in [1.29, 1.82) is 0 Å². The van der Waals surface area contributed by atoms with E-state index in [9.17, 15) is 0 Å². The number of aryl methyl sites for hydroxylation is 1. The first-order valence-corrected chi connectivity index (χ1v) is 7.24. The highest BCUT2D eigenvalue weighted by molar-refractivity contribution is 7.98. The maximum Gasteiger partial charge on any atom is 0.0184 e. The van der Waals surface area contributed by atoms with Crippen molar-refractivity contribution in [2.45, 2.75) is 39.0 Å². The fraction of sp³-hybridized carbons (Fsp3) is 0.571. The second kappa shape index (κ2) is 7.75. The van der Waals surface area contributed by atoms with Crippen LogP contribution in [0.4, 0.5) is 0 Å². The van der Waals surface area contributed by atoms with Crippen LogP contribution in [0.15, 0.2) is 24.3 Å². The van der Waals surface area contributed by atoms with Gasteiger partial charge in [-0.25, -0.2) is 0 Å². The Kier molecular flexibility index (Phi) is 6.58. The number of hydrogen-bond donors (Lipinski definition) is 1. The summed E-state index contributed by atoms with van der Waals surface area (Å²) in [4.78, 5) is 0. The highest BCUT2D eigenvalue weighted by Gasteiger charge is 1.99. The Morgan fingerprint density at radius 2 is 2.19 bits per heavy atom. The molecule has 0 bridgehead atoms. The molecule has 90 valence electrons. The number of nitrogens with one attached hydrogen (secondary N) is 1. The quantitative estimate of drug-likeness (QED) is 0.727. The summed E-state index contributed by atoms with van der Waals surface area (Å²) in [6.07, 6.45) is 1.25. The van der Waals surface area contributed by atoms with Gasteiger partial charge in [0.1, 0.15) is 0 Å². The summed E-state index contributed by atoms with van der Waals surface area (Å²) in [5.74, 6) is 2.38. The summed E-state index contributed by atoms with van der Waals surface area (Å²) >= 11 is 2.03. The van der Waals surface area contributed by atoms with E-state index in [2.05, 4.69) is 50.4 Å². The van der Waals surface area contributed by atoms with Gasteiger partial charge in [-0.05, 0) is 38.1 Å². The van der Waals surface area contributed by atoms with Crippen molar-refractivity contribution in [2.24, 2.45) is 0 Å². The smallest absolute Gasteiger partial charge is 0.0184 e. The van der Waals surface area contributed by atoms with Crippen molar-refractivity contribution in [3.63, 3.8) is 0 Å². The van der Waals surface area contributed by atoms with Crippen LogP contribution in [-0.2, 0) is 5.75 Å². The predicted octanol–water partition coefficient (Wildman–Crippen LogP) is 3.62. The third-order valence-electron chi connectivity index (χ3n) is 2.60. The zero-order valence-corrected chi connectivity index (χ0v) is 11.4. The van der Waals surface area contributed by atoms with Crippen LogP contribution in [0.5, 0.6) is 0 Å². The van der Waals surface area contributed by atoms with E-state index in [0.29, 0.717) is 6.04 Å². The molecule has 0 saturated heterocycles. The molecule has 1 aromatic rings. The van der Waals surface area contributed by atoms with Gasteiger partial charge in [-0.2, -0.15) is 11.8 Å². The van der Waals surface area contributed by atoms with Gasteiger partial charge in [0, 0.05) is 11.8 Å². The first-order chi connectivity index (χ1) is 7.72. The molecule has 2 heteroatoms. The van der Waals surface area contributed by atoms with Crippen molar-refractivity contribution >= 4 is 11.8 Å². The van der Waals surface area contributed by atoms with Crippen molar-refractivity contribution in [3.05, 3.63) is 35.4 Å². The van der Waals surface area contributed by atoms with E-state index in [1.807, 2.05) is 11.8 Å². The summed E-state index contributed by atoms with van der Waals surface area (Å²) in [6.45, 7) is 7.65. The Hall–Kier alpha value is -0.470. The number of thioether (sulfide) groups is 1. The zero-order chi connectivity index (χ0) is 11.8. The van der Waals surface area contributed by atoms with E-state index >= 15 is 0 Å². The van der Waals surface area contributed by atoms with Crippen LogP contribution in [0.2, 0.25) is 0 Å². The minimum atomic E-state index is 0.648. The van der Waals surface area contributed by atoms with Crippen LogP contribution in [0.3, 0.4) is 0 Å². The number of benzene rings is 1. The van der Waals surface area contributed by atoms with Crippen LogP contribution in [0.1, 0.15) is 31.4 Å². The van der Waals surface area contributed by atoms with Crippen LogP contribution < -0.4 is 5.32 Å². The van der Waals surface area contributed by atoms with Crippen LogP contribution in [0.25, 0.3) is 0 Å². The molecule has 16 heavy (non-hydrogen) atoms. The average molecular weight is 237 g/mol. The molecule has 0 aliphatic carbocycles. The largest absolute Gasteiger partial charge is 0.315 e. The van der Waals surface area contributed by atoms with Gasteiger partial charge in [0.25, 0.3) is 0 Å². The topological polar surface area (TPSA) is 12.0 Å². The normalized spacial score (nSPS) is 12.7. The van der Waals surface area contributed by atoms with E-state index in [-0.39, 0.29) is 0 Å². The molecule has 1 atom stereocenters. The minimum Gasteiger partial charge on any atom is -0.315 e. The third kappa shape index (κ3) is 5.57. The van der Waals surface area contributed by atoms with Crippen molar-refractivity contribution in [2.75, 3.05) is 12.3 Å². The fourth-order valence-corrected chi connectivity index (χ4v) is 2.78. The van der Waals surface area contributed by atoms with Crippen LogP contribution in [-0.4, -0.2) is 18.3 Å². The van der Waals surface area contributed by atoms with Crippen molar-refractivity contribution < 1.29 is 0 Å². The standard InChI is InChI=1S/C14H23NS/c1-4-15-13(3)8-9-16-11-14-7-5-6-12(2)10-14/h5-7,10,13,15H,4,8-9,11H2,1-3H3. The first kappa shape index (κ1) is 13.6. The average Bonchev–Trinajstić information content (AvgIpc) is 2.25. The maximum atomic E-state index is 3.44. The monoisotopic (exact) mass is 237 g/mol. The summed E-state index contributed by atoms with van der Waals surface area (Å²) < 4.78 is 0. The lowest BCUT2D eigenvalue weighted by Gasteiger charge is -2.11. The number of rotatable bonds is 7. The van der Waals surface area contributed by atoms with Gasteiger partial charge in [-0.15, -0.1) is 0 Å². The van der Waals surface area contributed by atoms with E-state index in [0.717, 1.165) is 12.3 Å². The molecule has 1 N–H and O–H groups in total. The molecule has 0 aromatic heterocycles. The summed E-state index contributed by atoms with van der Waals surface area (Å²) in [5.41, 5.74) is 2.81. The lowest BCUT2D eigenvalue weighted by Crippen LogP contribution is -2.25. The van der Waals surface area contributed by atoms with Gasteiger partial charge in [0.05, 0.1) is 0 Å². The Bertz CT molecular complexity index is 299. The van der Waals surface area contributed by atoms with Gasteiger partial charge in [-0.3, -0.25) is 0 Å². The second-order valence-electron chi connectivity index (χ2n) is 4.29. The molecular weight excluding hydrogens is 214 g/mol. The molecular formula is C14H23NS. The second-order valence-corrected chi connectivity index (χ2v) is 5.39. The first-order valence-electron chi connectivity index (χ1n) is 6.09. The molecule has 1 rings (SSSR count). The summed E-state index contributed by atoms with van der Waals surface area (Å²) in [5, 5.41) is 3.44. The van der Waals surface area contributed by atoms with Crippen molar-refractivity contribution in [1.82, 2.24) is 5.32 Å². The molecule has 1 aromatic carbocycles. The van der Waals surface area contributed by atoms with Gasteiger partial charge >= 0.3 is 0 Å². The molecule has 0 saturated carbocycles. The lowest BCUT2D eigenvalue weighted by atomic mass is 10.2. The lowest BCUT2D eigenvalue weighted by molar-refractivity contribution is 0.556. The van der Waals surface area contributed by atoms with Crippen LogP contribution in [0, 0.1) is 6.92 Å². The summed E-state index contributed by atoms with van der Waals surface area (Å²) in [6, 6.07) is 9.44. The fourth-order valence-electron chi connectivity index (χ4n) is 1.70. The molecule has 0 spiro atoms. The highest BCUT2D eigenvalue weighted by atomic mass is 32.2. The molecule has 1 nitrogen and oxygen atoms in total. The number of hydrogen-bond acceptors (Lipinski definition) is 2. The van der Waals surface area contributed by atoms with Gasteiger partial charge < -0.3 is 5.32 Å². The maximum absolute atomic E-state index is 3.44. The van der Waals surface area contributed by atoms with E-state index in [1.54, 1.807) is 0 Å². The molecule has 0 aliphatic heterocycles. The third-order valence-corrected chi connectivity index (χ3v) is 3.66. The van der Waals surface area contributed by atoms with Crippen LogP contribution >= 0.6 is 11.8 Å². The zero-order valence-electron chi connectivity index (χ0n) is 10.6. The Morgan fingerprint density at radius 1 is 1.38 bits per heavy atom. The van der Waals surface area contributed by atoms with E-state index in [1.165, 1.54) is 23.3 Å². The molecule has 1 unspecified atom stereocenters. The summed E-state index contributed by atoms with van der Waals surface area (Å²) in [7, 11) is 0.